The number of hydrogen-bond acceptors (Lipinski definition) is 8. The van der Waals surface area contributed by atoms with Crippen LogP contribution in [0.2, 0.25) is 0 Å². The van der Waals surface area contributed by atoms with Gasteiger partial charge in [0, 0.05) is 42.5 Å². The fourth-order valence-corrected chi connectivity index (χ4v) is 3.46. The lowest BCUT2D eigenvalue weighted by molar-refractivity contribution is -0.121. The van der Waals surface area contributed by atoms with Crippen LogP contribution in [0.25, 0.3) is 0 Å². The largest absolute Gasteiger partial charge is 0.494 e. The fraction of sp³-hybridized carbons (Fsp3) is 0.417. The highest BCUT2D eigenvalue weighted by molar-refractivity contribution is 6.09. The molecule has 9 heteroatoms. The molecule has 0 atom stereocenters. The summed E-state index contributed by atoms with van der Waals surface area (Å²) >= 11 is 0. The molecule has 178 valence electrons. The second kappa shape index (κ2) is 11.4. The average molecular weight is 455 g/mol. The minimum Gasteiger partial charge on any atom is -0.494 e. The van der Waals surface area contributed by atoms with Gasteiger partial charge in [-0.3, -0.25) is 4.79 Å². The number of carbonyl (C=O) groups is 1. The summed E-state index contributed by atoms with van der Waals surface area (Å²) in [6.07, 6.45) is 8.80. The van der Waals surface area contributed by atoms with Crippen LogP contribution in [0, 0.1) is 11.3 Å². The van der Waals surface area contributed by atoms with Crippen LogP contribution in [0.5, 0.6) is 5.75 Å². The van der Waals surface area contributed by atoms with E-state index < -0.39 is 0 Å². The molecule has 2 fully saturated rings. The first kappa shape index (κ1) is 24.2. The minimum atomic E-state index is -0.0769. The molecule has 1 aromatic carbocycles. The lowest BCUT2D eigenvalue weighted by atomic mass is 10.1. The van der Waals surface area contributed by atoms with Crippen LogP contribution in [-0.2, 0) is 9.53 Å². The maximum atomic E-state index is 12.0. The number of hydrogen-bond donors (Lipinski definition) is 6. The third-order valence-electron chi connectivity index (χ3n) is 5.52. The van der Waals surface area contributed by atoms with Crippen molar-refractivity contribution in [2.24, 2.45) is 17.4 Å². The van der Waals surface area contributed by atoms with E-state index in [2.05, 4.69) is 16.0 Å². The molecule has 1 aromatic rings. The van der Waals surface area contributed by atoms with Crippen LogP contribution in [0.1, 0.15) is 38.2 Å². The summed E-state index contributed by atoms with van der Waals surface area (Å²) < 4.78 is 11.0. The van der Waals surface area contributed by atoms with E-state index in [0.717, 1.165) is 38.9 Å². The fourth-order valence-electron chi connectivity index (χ4n) is 3.46. The Labute approximate surface area is 194 Å². The molecule has 1 aliphatic carbocycles. The first-order chi connectivity index (χ1) is 15.9. The van der Waals surface area contributed by atoms with Crippen LogP contribution in [-0.4, -0.2) is 38.0 Å². The van der Waals surface area contributed by atoms with Crippen LogP contribution in [0.15, 0.2) is 53.8 Å². The molecule has 1 aliphatic heterocycles. The van der Waals surface area contributed by atoms with Gasteiger partial charge in [0.05, 0.1) is 24.2 Å². The number of para-hydroxylation sites is 1. The molecule has 1 amide bonds. The normalized spacial score (nSPS) is 17.9. The summed E-state index contributed by atoms with van der Waals surface area (Å²) in [5, 5.41) is 17.8. The molecule has 8 N–H and O–H groups in total. The Bertz CT molecular complexity index is 955. The maximum Gasteiger partial charge on any atom is 0.228 e. The molecule has 33 heavy (non-hydrogen) atoms. The van der Waals surface area contributed by atoms with Gasteiger partial charge < -0.3 is 42.3 Å². The molecule has 9 nitrogen and oxygen atoms in total. The van der Waals surface area contributed by atoms with Gasteiger partial charge in [-0.25, -0.2) is 0 Å². The maximum absolute atomic E-state index is 12.0. The topological polar surface area (TPSA) is 148 Å². The zero-order chi connectivity index (χ0) is 23.8. The summed E-state index contributed by atoms with van der Waals surface area (Å²) in [5.74, 6) is 0.690. The number of anilines is 1. The monoisotopic (exact) mass is 454 g/mol. The molecule has 0 spiro atoms. The van der Waals surface area contributed by atoms with Crippen LogP contribution in [0.3, 0.4) is 0 Å². The van der Waals surface area contributed by atoms with Crippen LogP contribution in [0.4, 0.5) is 5.69 Å². The molecule has 1 heterocycles. The van der Waals surface area contributed by atoms with E-state index >= 15 is 0 Å². The van der Waals surface area contributed by atoms with Gasteiger partial charge >= 0.3 is 0 Å². The first-order valence-corrected chi connectivity index (χ1v) is 11.2. The van der Waals surface area contributed by atoms with E-state index in [1.165, 1.54) is 0 Å². The molecule has 2 aliphatic rings. The number of methoxy groups -OCH3 is 1. The van der Waals surface area contributed by atoms with Crippen molar-refractivity contribution in [3.8, 4) is 5.75 Å². The number of nitrogens with one attached hydrogen (secondary N) is 4. The van der Waals surface area contributed by atoms with E-state index in [1.54, 1.807) is 32.4 Å². The molecular weight excluding hydrogens is 420 g/mol. The van der Waals surface area contributed by atoms with Gasteiger partial charge in [0.25, 0.3) is 0 Å². The molecule has 0 aromatic heterocycles. The molecule has 1 saturated heterocycles. The Morgan fingerprint density at radius 3 is 2.58 bits per heavy atom. The lowest BCUT2D eigenvalue weighted by Gasteiger charge is -2.22. The van der Waals surface area contributed by atoms with Gasteiger partial charge in [-0.1, -0.05) is 6.07 Å². The van der Waals surface area contributed by atoms with Crippen molar-refractivity contribution in [1.29, 1.82) is 5.41 Å². The van der Waals surface area contributed by atoms with E-state index in [9.17, 15) is 4.79 Å². The summed E-state index contributed by atoms with van der Waals surface area (Å²) in [7, 11) is 1.56. The van der Waals surface area contributed by atoms with E-state index in [0.29, 0.717) is 40.1 Å². The highest BCUT2D eigenvalue weighted by Gasteiger charge is 2.29. The van der Waals surface area contributed by atoms with Crippen molar-refractivity contribution in [3.05, 3.63) is 59.3 Å². The molecule has 1 saturated carbocycles. The number of carbonyl (C=O) groups excluding carboxylic acids is 1. The zero-order valence-electron chi connectivity index (χ0n) is 19.2. The van der Waals surface area contributed by atoms with Crippen molar-refractivity contribution >= 4 is 17.3 Å². The van der Waals surface area contributed by atoms with Gasteiger partial charge in [0.1, 0.15) is 5.82 Å². The molecular formula is C24H34N6O3. The number of ether oxygens (including phenoxy) is 2. The van der Waals surface area contributed by atoms with Gasteiger partial charge in [-0.05, 0) is 57.0 Å². The van der Waals surface area contributed by atoms with Gasteiger partial charge in [0.15, 0.2) is 5.75 Å². The Kier molecular flexibility index (Phi) is 8.37. The van der Waals surface area contributed by atoms with E-state index in [1.807, 2.05) is 18.2 Å². The molecule has 0 bridgehead atoms. The summed E-state index contributed by atoms with van der Waals surface area (Å²) in [4.78, 5) is 12.0. The number of allylic oxidation sites excluding steroid dienone is 3. The van der Waals surface area contributed by atoms with Crippen molar-refractivity contribution in [2.75, 3.05) is 25.6 Å². The predicted octanol–water partition coefficient (Wildman–Crippen LogP) is 2.27. The molecule has 0 unspecified atom stereocenters. The van der Waals surface area contributed by atoms with Gasteiger partial charge in [-0.15, -0.1) is 0 Å². The summed E-state index contributed by atoms with van der Waals surface area (Å²) in [6.45, 7) is 3.24. The lowest BCUT2D eigenvalue weighted by Crippen LogP contribution is -2.31. The van der Waals surface area contributed by atoms with Crippen molar-refractivity contribution in [2.45, 2.75) is 38.6 Å². The Hall–Kier alpha value is -3.46. The Morgan fingerprint density at radius 2 is 1.94 bits per heavy atom. The standard InChI is InChI=1S/C24H34N6O3/c1-15(25)21(14-22(27)30-24(31)16-6-7-16)29-20-5-3-4-18(23(20)32-2)19(26)8-11-28-17-9-12-33-13-10-17/h3-5,8,11,14,16-17,26,28-29H,6-7,9-10,12-13,25,27H2,1-2H3,(H,30,31)/b11-8-,21-15+,22-14+,26-19?. The third-order valence-corrected chi connectivity index (χ3v) is 5.52. The highest BCUT2D eigenvalue weighted by Crippen LogP contribution is 2.31. The molecule has 0 radical (unpaired) electrons. The summed E-state index contributed by atoms with van der Waals surface area (Å²) in [5.41, 5.74) is 14.6. The van der Waals surface area contributed by atoms with Crippen LogP contribution < -0.4 is 32.2 Å². The predicted molar refractivity (Wildman–Crippen MR) is 130 cm³/mol. The van der Waals surface area contributed by atoms with Gasteiger partial charge in [-0.2, -0.15) is 0 Å². The van der Waals surface area contributed by atoms with E-state index in [4.69, 9.17) is 26.4 Å². The Morgan fingerprint density at radius 1 is 1.21 bits per heavy atom. The smallest absolute Gasteiger partial charge is 0.228 e. The Balaban J connectivity index is 1.72. The SMILES string of the molecule is COc1c(NC(/C=C(\N)NC(=O)C2CC2)=C(\C)N)cccc1C(=N)/C=C\NC1CCOCC1. The van der Waals surface area contributed by atoms with Crippen molar-refractivity contribution < 1.29 is 14.3 Å². The quantitative estimate of drug-likeness (QED) is 0.235. The number of amides is 1. The third kappa shape index (κ3) is 7.01. The highest BCUT2D eigenvalue weighted by atomic mass is 16.5. The number of benzene rings is 1. The minimum absolute atomic E-state index is 0.0492. The average Bonchev–Trinajstić information content (AvgIpc) is 3.64. The second-order valence-electron chi connectivity index (χ2n) is 8.27. The van der Waals surface area contributed by atoms with E-state index in [-0.39, 0.29) is 17.6 Å². The number of nitrogens with two attached hydrogens (primary N) is 2. The van der Waals surface area contributed by atoms with Crippen LogP contribution >= 0.6 is 0 Å². The zero-order valence-corrected chi connectivity index (χ0v) is 19.2. The number of rotatable bonds is 10. The van der Waals surface area contributed by atoms with Crippen molar-refractivity contribution in [3.63, 3.8) is 0 Å². The first-order valence-electron chi connectivity index (χ1n) is 11.2. The molecule has 3 rings (SSSR count). The van der Waals surface area contributed by atoms with Gasteiger partial charge in [0.2, 0.25) is 5.91 Å². The van der Waals surface area contributed by atoms with Crippen molar-refractivity contribution in [1.82, 2.24) is 10.6 Å². The summed E-state index contributed by atoms with van der Waals surface area (Å²) in [6, 6.07) is 5.84. The second-order valence-corrected chi connectivity index (χ2v) is 8.27.